The summed E-state index contributed by atoms with van der Waals surface area (Å²) in [6.45, 7) is 9.39. The summed E-state index contributed by atoms with van der Waals surface area (Å²) in [6, 6.07) is 0. The molecule has 0 heterocycles. The molecule has 0 unspecified atom stereocenters. The van der Waals surface area contributed by atoms with E-state index < -0.39 is 4.25 Å². The molecule has 0 fully saturated rings. The van der Waals surface area contributed by atoms with E-state index in [1.54, 1.807) is 24.6 Å². The van der Waals surface area contributed by atoms with Gasteiger partial charge in [-0.25, -0.2) is 0 Å². The van der Waals surface area contributed by atoms with Gasteiger partial charge in [-0.1, -0.05) is 0 Å². The number of unbranched alkanes of at least 4 members (excludes halogenated alkanes) is 19. The quantitative estimate of drug-likeness (QED) is 0.0503. The number of halogens is 1. The third kappa shape index (κ3) is 20.0. The van der Waals surface area contributed by atoms with Gasteiger partial charge in [0.15, 0.2) is 0 Å². The maximum absolute atomic E-state index is 3.20. The van der Waals surface area contributed by atoms with Crippen molar-refractivity contribution in [3.63, 3.8) is 0 Å². The van der Waals surface area contributed by atoms with Gasteiger partial charge in [-0.2, -0.15) is 0 Å². The molecule has 0 N–H and O–H groups in total. The standard InChI is InChI=1S/C31H66IP/c1-5-9-13-17-18-19-23-27-31-33(32,28-24-20-14-10-6-2,29-25-21-15-11-7-3)30-26-22-16-12-8-4/h5-31H2,1-4H3. The molecule has 0 saturated heterocycles. The third-order valence-electron chi connectivity index (χ3n) is 8.03. The molecule has 0 aliphatic heterocycles. The summed E-state index contributed by atoms with van der Waals surface area (Å²) in [4.78, 5) is 0. The summed E-state index contributed by atoms with van der Waals surface area (Å²) in [7, 11) is 0. The summed E-state index contributed by atoms with van der Waals surface area (Å²) in [6.07, 6.45) is 40.3. The normalized spacial score (nSPS) is 13.3. The molecule has 0 saturated carbocycles. The van der Waals surface area contributed by atoms with Crippen molar-refractivity contribution in [1.82, 2.24) is 0 Å². The summed E-state index contributed by atoms with van der Waals surface area (Å²) < 4.78 is -1.58. The van der Waals surface area contributed by atoms with Gasteiger partial charge in [0.2, 0.25) is 0 Å². The minimum absolute atomic E-state index is 1.37. The fraction of sp³-hybridized carbons (Fsp3) is 1.00. The van der Waals surface area contributed by atoms with E-state index in [9.17, 15) is 0 Å². The first-order valence-electron chi connectivity index (χ1n) is 15.8. The molecule has 0 aliphatic rings. The van der Waals surface area contributed by atoms with Crippen LogP contribution in [0.2, 0.25) is 0 Å². The predicted molar refractivity (Wildman–Crippen MR) is 169 cm³/mol. The summed E-state index contributed by atoms with van der Waals surface area (Å²) in [5, 5.41) is 0. The van der Waals surface area contributed by atoms with E-state index in [0.29, 0.717) is 0 Å². The van der Waals surface area contributed by atoms with Crippen molar-refractivity contribution >= 4 is 26.3 Å². The Kier molecular flexibility index (Phi) is 24.4. The van der Waals surface area contributed by atoms with E-state index in [2.05, 4.69) is 49.7 Å². The fourth-order valence-corrected chi connectivity index (χ4v) is 15.1. The molecule has 0 bridgehead atoms. The second-order valence-corrected chi connectivity index (χ2v) is 25.0. The van der Waals surface area contributed by atoms with E-state index in [1.165, 1.54) is 148 Å². The van der Waals surface area contributed by atoms with Gasteiger partial charge in [0.1, 0.15) is 0 Å². The zero-order valence-electron chi connectivity index (χ0n) is 23.9. The number of hydrogen-bond donors (Lipinski definition) is 0. The van der Waals surface area contributed by atoms with Crippen LogP contribution in [0.3, 0.4) is 0 Å². The van der Waals surface area contributed by atoms with Crippen LogP contribution in [-0.2, 0) is 0 Å². The fourth-order valence-electron chi connectivity index (χ4n) is 5.64. The summed E-state index contributed by atoms with van der Waals surface area (Å²) >= 11 is 3.20. The van der Waals surface area contributed by atoms with Crippen LogP contribution >= 0.6 is 26.3 Å². The molecule has 0 nitrogen and oxygen atoms in total. The molecule has 0 atom stereocenters. The molecule has 2 heteroatoms. The Balaban J connectivity index is 4.92. The Morgan fingerprint density at radius 1 is 0.303 bits per heavy atom. The molecule has 0 aromatic rings. The van der Waals surface area contributed by atoms with Crippen LogP contribution in [0.25, 0.3) is 0 Å². The SMILES string of the molecule is CCCCCCCCCCP(I)(CCCCCCC)(CCCCCCC)CCCCCCC. The minimum atomic E-state index is -1.58. The van der Waals surface area contributed by atoms with E-state index in [4.69, 9.17) is 0 Å². The Hall–Kier alpha value is 1.16. The van der Waals surface area contributed by atoms with Crippen LogP contribution in [0, 0.1) is 0 Å². The maximum atomic E-state index is 3.20. The average Bonchev–Trinajstić information content (AvgIpc) is 2.81. The van der Waals surface area contributed by atoms with Gasteiger partial charge >= 0.3 is 226 Å². The molecule has 0 amide bonds. The van der Waals surface area contributed by atoms with Crippen LogP contribution in [0.5, 0.6) is 0 Å². The van der Waals surface area contributed by atoms with Gasteiger partial charge in [0.05, 0.1) is 0 Å². The second kappa shape index (κ2) is 23.6. The van der Waals surface area contributed by atoms with Crippen LogP contribution in [0.1, 0.15) is 175 Å². The van der Waals surface area contributed by atoms with Crippen LogP contribution in [-0.4, -0.2) is 24.6 Å². The molecule has 33 heavy (non-hydrogen) atoms. The summed E-state index contributed by atoms with van der Waals surface area (Å²) in [5.74, 6) is 0. The average molecular weight is 597 g/mol. The van der Waals surface area contributed by atoms with Gasteiger partial charge in [-0.3, -0.25) is 0 Å². The third-order valence-corrected chi connectivity index (χ3v) is 19.6. The van der Waals surface area contributed by atoms with Crippen LogP contribution in [0.15, 0.2) is 0 Å². The Morgan fingerprint density at radius 2 is 0.485 bits per heavy atom. The van der Waals surface area contributed by atoms with E-state index in [1.807, 2.05) is 0 Å². The predicted octanol–water partition coefficient (Wildman–Crippen LogP) is 12.9. The van der Waals surface area contributed by atoms with Crippen molar-refractivity contribution in [1.29, 1.82) is 0 Å². The molecular weight excluding hydrogens is 530 g/mol. The Morgan fingerprint density at radius 3 is 0.697 bits per heavy atom. The van der Waals surface area contributed by atoms with Gasteiger partial charge < -0.3 is 0 Å². The van der Waals surface area contributed by atoms with Gasteiger partial charge in [-0.15, -0.1) is 0 Å². The van der Waals surface area contributed by atoms with E-state index in [0.717, 1.165) is 0 Å². The number of hydrogen-bond acceptors (Lipinski definition) is 0. The molecule has 0 aliphatic carbocycles. The van der Waals surface area contributed by atoms with Crippen molar-refractivity contribution in [3.8, 4) is 0 Å². The molecule has 0 spiro atoms. The molecule has 0 rings (SSSR count). The summed E-state index contributed by atoms with van der Waals surface area (Å²) in [5.41, 5.74) is 0. The first-order valence-corrected chi connectivity index (χ1v) is 21.5. The van der Waals surface area contributed by atoms with Crippen molar-refractivity contribution < 1.29 is 0 Å². The van der Waals surface area contributed by atoms with Gasteiger partial charge in [0.25, 0.3) is 0 Å². The molecule has 0 aromatic heterocycles. The van der Waals surface area contributed by atoms with Crippen molar-refractivity contribution in [2.24, 2.45) is 0 Å². The second-order valence-electron chi connectivity index (χ2n) is 11.4. The molecular formula is C31H66IP. The molecule has 202 valence electrons. The monoisotopic (exact) mass is 596 g/mol. The van der Waals surface area contributed by atoms with E-state index >= 15 is 0 Å². The van der Waals surface area contributed by atoms with Gasteiger partial charge in [0, 0.05) is 0 Å². The first kappa shape index (κ1) is 34.2. The zero-order chi connectivity index (χ0) is 24.5. The topological polar surface area (TPSA) is 0 Å². The molecule has 0 aromatic carbocycles. The zero-order valence-corrected chi connectivity index (χ0v) is 27.0. The van der Waals surface area contributed by atoms with E-state index in [-0.39, 0.29) is 0 Å². The van der Waals surface area contributed by atoms with Crippen LogP contribution < -0.4 is 0 Å². The molecule has 0 radical (unpaired) electrons. The Bertz CT molecular complexity index is 356. The van der Waals surface area contributed by atoms with Crippen molar-refractivity contribution in [3.05, 3.63) is 0 Å². The number of rotatable bonds is 27. The van der Waals surface area contributed by atoms with Crippen LogP contribution in [0.4, 0.5) is 0 Å². The Labute approximate surface area is 225 Å². The van der Waals surface area contributed by atoms with Crippen molar-refractivity contribution in [2.45, 2.75) is 175 Å². The van der Waals surface area contributed by atoms with Gasteiger partial charge in [-0.05, 0) is 0 Å². The first-order chi connectivity index (χ1) is 16.0. The van der Waals surface area contributed by atoms with Crippen molar-refractivity contribution in [2.75, 3.05) is 24.6 Å².